The summed E-state index contributed by atoms with van der Waals surface area (Å²) >= 11 is 5.94. The summed E-state index contributed by atoms with van der Waals surface area (Å²) < 4.78 is 5.32. The van der Waals surface area contributed by atoms with Crippen LogP contribution < -0.4 is 4.74 Å². The van der Waals surface area contributed by atoms with Gasteiger partial charge in [-0.25, -0.2) is 0 Å². The number of benzene rings is 2. The van der Waals surface area contributed by atoms with Crippen molar-refractivity contribution in [1.29, 1.82) is 0 Å². The Bertz CT molecular complexity index is 744. The van der Waals surface area contributed by atoms with E-state index in [1.807, 2.05) is 18.2 Å². The number of aromatic amines is 1. The average Bonchev–Trinajstić information content (AvgIpc) is 2.77. The fraction of sp³-hybridized carbons (Fsp3) is 0.176. The highest BCUT2D eigenvalue weighted by molar-refractivity contribution is 6.30. The summed E-state index contributed by atoms with van der Waals surface area (Å²) in [5, 5.41) is 1.99. The number of H-pyrrole nitrogens is 1. The standard InChI is InChI=1S/C17H16ClNO/c1-11-15(9-12-3-5-13(18)6-4-12)16-10-14(20-2)7-8-17(16)19-11/h3-8,10,19H,9H2,1-2H3. The predicted octanol–water partition coefficient (Wildman–Crippen LogP) is 4.73. The van der Waals surface area contributed by atoms with Gasteiger partial charge in [0.25, 0.3) is 0 Å². The summed E-state index contributed by atoms with van der Waals surface area (Å²) in [6, 6.07) is 14.1. The van der Waals surface area contributed by atoms with Gasteiger partial charge in [-0.05, 0) is 54.8 Å². The van der Waals surface area contributed by atoms with Crippen LogP contribution in [-0.4, -0.2) is 12.1 Å². The lowest BCUT2D eigenvalue weighted by Gasteiger charge is -2.04. The maximum Gasteiger partial charge on any atom is 0.119 e. The molecule has 0 aliphatic heterocycles. The minimum atomic E-state index is 0.770. The quantitative estimate of drug-likeness (QED) is 0.739. The number of aromatic nitrogens is 1. The minimum absolute atomic E-state index is 0.770. The molecule has 0 bridgehead atoms. The molecule has 0 aliphatic rings. The van der Waals surface area contributed by atoms with Gasteiger partial charge >= 0.3 is 0 Å². The molecule has 0 fully saturated rings. The summed E-state index contributed by atoms with van der Waals surface area (Å²) in [5.74, 6) is 0.883. The molecule has 1 heterocycles. The largest absolute Gasteiger partial charge is 0.497 e. The molecule has 1 N–H and O–H groups in total. The first kappa shape index (κ1) is 13.1. The van der Waals surface area contributed by atoms with Crippen LogP contribution in [0.3, 0.4) is 0 Å². The number of hydrogen-bond donors (Lipinski definition) is 1. The predicted molar refractivity (Wildman–Crippen MR) is 83.8 cm³/mol. The first-order valence-corrected chi connectivity index (χ1v) is 6.95. The van der Waals surface area contributed by atoms with Gasteiger partial charge in [-0.3, -0.25) is 0 Å². The SMILES string of the molecule is COc1ccc2[nH]c(C)c(Cc3ccc(Cl)cc3)c2c1. The highest BCUT2D eigenvalue weighted by atomic mass is 35.5. The Morgan fingerprint density at radius 2 is 1.85 bits per heavy atom. The van der Waals surface area contributed by atoms with Gasteiger partial charge in [0.2, 0.25) is 0 Å². The molecule has 2 nitrogen and oxygen atoms in total. The number of rotatable bonds is 3. The summed E-state index contributed by atoms with van der Waals surface area (Å²) in [7, 11) is 1.69. The van der Waals surface area contributed by atoms with Gasteiger partial charge in [-0.1, -0.05) is 23.7 Å². The number of nitrogens with one attached hydrogen (secondary N) is 1. The minimum Gasteiger partial charge on any atom is -0.497 e. The van der Waals surface area contributed by atoms with Gasteiger partial charge in [-0.15, -0.1) is 0 Å². The zero-order valence-corrected chi connectivity index (χ0v) is 12.3. The fourth-order valence-electron chi connectivity index (χ4n) is 2.52. The van der Waals surface area contributed by atoms with E-state index in [1.165, 1.54) is 22.2 Å². The Kier molecular flexibility index (Phi) is 3.41. The second-order valence-corrected chi connectivity index (χ2v) is 5.38. The molecule has 0 atom stereocenters. The van der Waals surface area contributed by atoms with Crippen molar-refractivity contribution in [3.63, 3.8) is 0 Å². The molecule has 20 heavy (non-hydrogen) atoms. The number of aryl methyl sites for hydroxylation is 1. The van der Waals surface area contributed by atoms with Crippen LogP contribution in [0.15, 0.2) is 42.5 Å². The molecule has 3 heteroatoms. The van der Waals surface area contributed by atoms with Crippen molar-refractivity contribution in [2.45, 2.75) is 13.3 Å². The molecule has 0 saturated carbocycles. The molecule has 102 valence electrons. The van der Waals surface area contributed by atoms with Crippen molar-refractivity contribution in [3.05, 3.63) is 64.3 Å². The molecular weight excluding hydrogens is 270 g/mol. The number of hydrogen-bond acceptors (Lipinski definition) is 1. The summed E-state index contributed by atoms with van der Waals surface area (Å²) in [4.78, 5) is 3.43. The van der Waals surface area contributed by atoms with Gasteiger partial charge in [0.05, 0.1) is 7.11 Å². The van der Waals surface area contributed by atoms with E-state index < -0.39 is 0 Å². The van der Waals surface area contributed by atoms with Crippen LogP contribution in [0.5, 0.6) is 5.75 Å². The molecule has 0 radical (unpaired) electrons. The lowest BCUT2D eigenvalue weighted by Crippen LogP contribution is -1.89. The summed E-state index contributed by atoms with van der Waals surface area (Å²) in [6.07, 6.45) is 0.885. The van der Waals surface area contributed by atoms with Gasteiger partial charge < -0.3 is 9.72 Å². The Morgan fingerprint density at radius 3 is 2.55 bits per heavy atom. The van der Waals surface area contributed by atoms with E-state index in [4.69, 9.17) is 16.3 Å². The van der Waals surface area contributed by atoms with Crippen LogP contribution in [0.1, 0.15) is 16.8 Å². The Labute approximate surface area is 123 Å². The molecule has 0 aliphatic carbocycles. The Hall–Kier alpha value is -1.93. The topological polar surface area (TPSA) is 25.0 Å². The van der Waals surface area contributed by atoms with Gasteiger partial charge in [0.15, 0.2) is 0 Å². The normalized spacial score (nSPS) is 10.9. The van der Waals surface area contributed by atoms with Crippen molar-refractivity contribution in [1.82, 2.24) is 4.98 Å². The molecule has 1 aromatic heterocycles. The van der Waals surface area contributed by atoms with Crippen molar-refractivity contribution in [2.75, 3.05) is 7.11 Å². The monoisotopic (exact) mass is 285 g/mol. The van der Waals surface area contributed by atoms with Crippen molar-refractivity contribution < 1.29 is 4.74 Å². The van der Waals surface area contributed by atoms with Crippen LogP contribution in [-0.2, 0) is 6.42 Å². The molecule has 0 unspecified atom stereocenters. The third kappa shape index (κ3) is 2.39. The third-order valence-electron chi connectivity index (χ3n) is 3.62. The summed E-state index contributed by atoms with van der Waals surface area (Å²) in [6.45, 7) is 2.11. The molecule has 0 spiro atoms. The van der Waals surface area contributed by atoms with E-state index in [0.29, 0.717) is 0 Å². The highest BCUT2D eigenvalue weighted by Gasteiger charge is 2.10. The molecule has 3 rings (SSSR count). The van der Waals surface area contributed by atoms with Crippen LogP contribution >= 0.6 is 11.6 Å². The molecule has 0 amide bonds. The molecular formula is C17H16ClNO. The van der Waals surface area contributed by atoms with Crippen molar-refractivity contribution >= 4 is 22.5 Å². The van der Waals surface area contributed by atoms with Crippen molar-refractivity contribution in [2.24, 2.45) is 0 Å². The zero-order valence-electron chi connectivity index (χ0n) is 11.5. The number of fused-ring (bicyclic) bond motifs is 1. The third-order valence-corrected chi connectivity index (χ3v) is 3.87. The van der Waals surface area contributed by atoms with Crippen LogP contribution in [0.25, 0.3) is 10.9 Å². The fourth-order valence-corrected chi connectivity index (χ4v) is 2.65. The second-order valence-electron chi connectivity index (χ2n) is 4.94. The lowest BCUT2D eigenvalue weighted by atomic mass is 10.0. The van der Waals surface area contributed by atoms with Crippen LogP contribution in [0.2, 0.25) is 5.02 Å². The van der Waals surface area contributed by atoms with Gasteiger partial charge in [-0.2, -0.15) is 0 Å². The molecule has 2 aromatic carbocycles. The highest BCUT2D eigenvalue weighted by Crippen LogP contribution is 2.28. The maximum atomic E-state index is 5.94. The van der Waals surface area contributed by atoms with Crippen LogP contribution in [0, 0.1) is 6.92 Å². The zero-order chi connectivity index (χ0) is 14.1. The number of ether oxygens (including phenoxy) is 1. The molecule has 3 aromatic rings. The average molecular weight is 286 g/mol. The first-order valence-electron chi connectivity index (χ1n) is 6.57. The number of halogens is 1. The van der Waals surface area contributed by atoms with E-state index >= 15 is 0 Å². The number of methoxy groups -OCH3 is 1. The first-order chi connectivity index (χ1) is 9.67. The van der Waals surface area contributed by atoms with E-state index in [9.17, 15) is 0 Å². The van der Waals surface area contributed by atoms with E-state index in [0.717, 1.165) is 22.7 Å². The van der Waals surface area contributed by atoms with Gasteiger partial charge in [0, 0.05) is 21.6 Å². The summed E-state index contributed by atoms with van der Waals surface area (Å²) in [5.41, 5.74) is 4.90. The molecule has 0 saturated heterocycles. The van der Waals surface area contributed by atoms with E-state index in [2.05, 4.69) is 36.2 Å². The Morgan fingerprint density at radius 1 is 1.10 bits per heavy atom. The van der Waals surface area contributed by atoms with Crippen molar-refractivity contribution in [3.8, 4) is 5.75 Å². The van der Waals surface area contributed by atoms with E-state index in [-0.39, 0.29) is 0 Å². The Balaban J connectivity index is 2.05. The lowest BCUT2D eigenvalue weighted by molar-refractivity contribution is 0.415. The van der Waals surface area contributed by atoms with E-state index in [1.54, 1.807) is 7.11 Å². The smallest absolute Gasteiger partial charge is 0.119 e. The maximum absolute atomic E-state index is 5.94. The van der Waals surface area contributed by atoms with Crippen LogP contribution in [0.4, 0.5) is 0 Å². The second kappa shape index (κ2) is 5.22. The van der Waals surface area contributed by atoms with Gasteiger partial charge in [0.1, 0.15) is 5.75 Å².